The number of carbonyl (C=O) groups is 2. The van der Waals surface area contributed by atoms with Crippen LogP contribution >= 0.6 is 23.4 Å². The van der Waals surface area contributed by atoms with Gasteiger partial charge in [0.05, 0.1) is 12.5 Å². The molecule has 0 aromatic heterocycles. The number of fused-ring (bicyclic) bond motifs is 6. The van der Waals surface area contributed by atoms with Crippen LogP contribution in [0.2, 0.25) is 5.02 Å². The Bertz CT molecular complexity index is 1410. The van der Waals surface area contributed by atoms with Crippen LogP contribution < -0.4 is 10.1 Å². The predicted octanol–water partition coefficient (Wildman–Crippen LogP) is 5.09. The number of rotatable bonds is 2. The molecule has 0 saturated carbocycles. The van der Waals surface area contributed by atoms with Crippen molar-refractivity contribution in [2.75, 3.05) is 24.1 Å². The maximum atomic E-state index is 14.7. The number of Topliss-reactive ketones (excluding diaryl/α,β-unsaturated/α-hetero) is 1. The Morgan fingerprint density at radius 2 is 1.89 bits per heavy atom. The van der Waals surface area contributed by atoms with Crippen LogP contribution in [0.25, 0.3) is 0 Å². The van der Waals surface area contributed by atoms with E-state index >= 15 is 0 Å². The van der Waals surface area contributed by atoms with Crippen molar-refractivity contribution in [3.8, 4) is 5.75 Å². The molecule has 1 amide bonds. The number of nitrogens with one attached hydrogen (secondary N) is 1. The van der Waals surface area contributed by atoms with Gasteiger partial charge in [-0.15, -0.1) is 11.8 Å². The summed E-state index contributed by atoms with van der Waals surface area (Å²) in [6.45, 7) is 0. The fraction of sp³-hybridized carbons (Fsp3) is 0.286. The Hall–Kier alpha value is -2.80. The van der Waals surface area contributed by atoms with Gasteiger partial charge in [0, 0.05) is 45.4 Å². The lowest BCUT2D eigenvalue weighted by molar-refractivity contribution is -0.130. The summed E-state index contributed by atoms with van der Waals surface area (Å²) in [5, 5.41) is 3.70. The van der Waals surface area contributed by atoms with E-state index in [1.54, 1.807) is 13.2 Å². The number of ketones is 1. The van der Waals surface area contributed by atoms with Crippen molar-refractivity contribution in [2.45, 2.75) is 23.9 Å². The molecule has 0 radical (unpaired) electrons. The van der Waals surface area contributed by atoms with Gasteiger partial charge in [-0.1, -0.05) is 48.0 Å². The first-order chi connectivity index (χ1) is 17.0. The normalized spacial score (nSPS) is 30.6. The largest absolute Gasteiger partial charge is 0.497 e. The number of carbonyl (C=O) groups excluding carboxylic acids is 2. The van der Waals surface area contributed by atoms with E-state index in [9.17, 15) is 9.59 Å². The number of ether oxygens (including phenoxy) is 1. The van der Waals surface area contributed by atoms with Crippen molar-refractivity contribution < 1.29 is 14.3 Å². The fourth-order valence-corrected chi connectivity index (χ4v) is 8.73. The highest BCUT2D eigenvalue weighted by Gasteiger charge is 2.78. The SMILES string of the molecule is COc1ccc([C@H]2[C@@H]3CSCN3[C@@]3(C(=O)Nc4ccc(Cl)cc43)[C@@]23Cc2ccccc2C3=O)cc1. The first-order valence-electron chi connectivity index (χ1n) is 11.7. The lowest BCUT2D eigenvalue weighted by atomic mass is 9.58. The number of methoxy groups -OCH3 is 1. The highest BCUT2D eigenvalue weighted by atomic mass is 35.5. The zero-order chi connectivity index (χ0) is 23.9. The van der Waals surface area contributed by atoms with Crippen LogP contribution in [-0.2, 0) is 16.8 Å². The Balaban J connectivity index is 1.56. The highest BCUT2D eigenvalue weighted by Crippen LogP contribution is 2.70. The number of amides is 1. The van der Waals surface area contributed by atoms with Crippen LogP contribution in [0.3, 0.4) is 0 Å². The van der Waals surface area contributed by atoms with E-state index < -0.39 is 11.0 Å². The molecule has 4 atom stereocenters. The van der Waals surface area contributed by atoms with Gasteiger partial charge in [-0.3, -0.25) is 14.5 Å². The molecule has 0 bridgehead atoms. The maximum Gasteiger partial charge on any atom is 0.250 e. The average Bonchev–Trinajstić information content (AvgIpc) is 3.58. The first kappa shape index (κ1) is 21.5. The second-order valence-corrected chi connectivity index (χ2v) is 11.2. The summed E-state index contributed by atoms with van der Waals surface area (Å²) in [5.41, 5.74) is 2.23. The van der Waals surface area contributed by atoms with Crippen molar-refractivity contribution in [1.29, 1.82) is 0 Å². The Morgan fingerprint density at radius 1 is 1.09 bits per heavy atom. The molecule has 3 heterocycles. The Labute approximate surface area is 212 Å². The maximum absolute atomic E-state index is 14.7. The lowest BCUT2D eigenvalue weighted by Crippen LogP contribution is -2.58. The molecular formula is C28H23ClN2O3S. The van der Waals surface area contributed by atoms with Crippen LogP contribution in [0, 0.1) is 5.41 Å². The van der Waals surface area contributed by atoms with Gasteiger partial charge in [0.15, 0.2) is 5.78 Å². The first-order valence-corrected chi connectivity index (χ1v) is 13.3. The minimum atomic E-state index is -1.14. The smallest absolute Gasteiger partial charge is 0.250 e. The number of halogens is 1. The summed E-state index contributed by atoms with van der Waals surface area (Å²) in [5.74, 6) is 2.06. The third-order valence-electron chi connectivity index (χ3n) is 8.47. The molecule has 2 fully saturated rings. The minimum Gasteiger partial charge on any atom is -0.497 e. The third kappa shape index (κ3) is 2.50. The number of nitrogens with zero attached hydrogens (tertiary/aromatic N) is 1. The van der Waals surface area contributed by atoms with E-state index in [1.165, 1.54) is 0 Å². The lowest BCUT2D eigenvalue weighted by Gasteiger charge is -2.44. The summed E-state index contributed by atoms with van der Waals surface area (Å²) in [6, 6.07) is 21.4. The predicted molar refractivity (Wildman–Crippen MR) is 137 cm³/mol. The molecule has 7 heteroatoms. The molecule has 0 unspecified atom stereocenters. The van der Waals surface area contributed by atoms with E-state index in [2.05, 4.69) is 22.3 Å². The minimum absolute atomic E-state index is 0.0299. The molecule has 176 valence electrons. The summed E-state index contributed by atoms with van der Waals surface area (Å²) in [4.78, 5) is 31.3. The molecule has 3 aliphatic heterocycles. The summed E-state index contributed by atoms with van der Waals surface area (Å²) < 4.78 is 5.42. The van der Waals surface area contributed by atoms with Crippen LogP contribution in [0.15, 0.2) is 66.7 Å². The van der Waals surface area contributed by atoms with Gasteiger partial charge in [-0.05, 0) is 47.9 Å². The van der Waals surface area contributed by atoms with Gasteiger partial charge in [-0.2, -0.15) is 0 Å². The number of hydrogen-bond acceptors (Lipinski definition) is 5. The molecule has 3 aromatic rings. The van der Waals surface area contributed by atoms with Crippen molar-refractivity contribution in [3.63, 3.8) is 0 Å². The standard InChI is InChI=1S/C28H23ClN2O3S/c1-34-19-9-6-16(7-10-19)24-23-14-35-15-31(23)28(21-12-18(29)8-11-22(21)30-26(28)33)27(24)13-17-4-2-3-5-20(17)25(27)32/h2-12,23-24H,13-15H2,1H3,(H,30,33)/t23-,24-,27-,28-/m0/s1. The number of hydrogen-bond donors (Lipinski definition) is 1. The van der Waals surface area contributed by atoms with Crippen molar-refractivity contribution >= 4 is 40.7 Å². The Kier molecular flexibility index (Phi) is 4.51. The summed E-state index contributed by atoms with van der Waals surface area (Å²) in [6.07, 6.45) is 0.510. The highest BCUT2D eigenvalue weighted by molar-refractivity contribution is 7.99. The zero-order valence-electron chi connectivity index (χ0n) is 19.1. The molecule has 7 rings (SSSR count). The van der Waals surface area contributed by atoms with Crippen LogP contribution in [0.4, 0.5) is 5.69 Å². The molecule has 1 N–H and O–H groups in total. The van der Waals surface area contributed by atoms with E-state index in [0.717, 1.165) is 39.4 Å². The number of thioether (sulfide) groups is 1. The van der Waals surface area contributed by atoms with E-state index in [1.807, 2.05) is 60.3 Å². The van der Waals surface area contributed by atoms with Crippen molar-refractivity contribution in [2.24, 2.45) is 5.41 Å². The van der Waals surface area contributed by atoms with E-state index in [4.69, 9.17) is 16.3 Å². The molecule has 1 aliphatic carbocycles. The van der Waals surface area contributed by atoms with Gasteiger partial charge >= 0.3 is 0 Å². The van der Waals surface area contributed by atoms with Crippen molar-refractivity contribution in [1.82, 2.24) is 4.90 Å². The van der Waals surface area contributed by atoms with Crippen LogP contribution in [0.1, 0.15) is 33.0 Å². The van der Waals surface area contributed by atoms with Gasteiger partial charge in [0.1, 0.15) is 11.3 Å². The van der Waals surface area contributed by atoms with Gasteiger partial charge in [-0.25, -0.2) is 0 Å². The summed E-state index contributed by atoms with van der Waals surface area (Å²) in [7, 11) is 1.65. The zero-order valence-corrected chi connectivity index (χ0v) is 20.7. The van der Waals surface area contributed by atoms with Crippen molar-refractivity contribution in [3.05, 3.63) is 94.0 Å². The van der Waals surface area contributed by atoms with Gasteiger partial charge < -0.3 is 10.1 Å². The molecule has 4 aliphatic rings. The van der Waals surface area contributed by atoms with Crippen LogP contribution in [0.5, 0.6) is 5.75 Å². The second-order valence-electron chi connectivity index (χ2n) is 9.78. The van der Waals surface area contributed by atoms with Crippen LogP contribution in [-0.4, -0.2) is 41.4 Å². The molecule has 2 spiro atoms. The third-order valence-corrected chi connectivity index (χ3v) is 9.74. The monoisotopic (exact) mass is 502 g/mol. The number of anilines is 1. The number of benzene rings is 3. The summed E-state index contributed by atoms with van der Waals surface area (Å²) >= 11 is 8.34. The average molecular weight is 503 g/mol. The molecular weight excluding hydrogens is 480 g/mol. The fourth-order valence-electron chi connectivity index (χ4n) is 7.26. The van der Waals surface area contributed by atoms with E-state index in [-0.39, 0.29) is 23.7 Å². The molecule has 2 saturated heterocycles. The van der Waals surface area contributed by atoms with E-state index in [0.29, 0.717) is 17.3 Å². The molecule has 35 heavy (non-hydrogen) atoms. The van der Waals surface area contributed by atoms with Gasteiger partial charge in [0.2, 0.25) is 0 Å². The molecule has 5 nitrogen and oxygen atoms in total. The molecule has 3 aromatic carbocycles. The van der Waals surface area contributed by atoms with Gasteiger partial charge in [0.25, 0.3) is 5.91 Å². The second kappa shape index (κ2) is 7.36. The quantitative estimate of drug-likeness (QED) is 0.528. The Morgan fingerprint density at radius 3 is 2.66 bits per heavy atom. The topological polar surface area (TPSA) is 58.6 Å².